The fraction of sp³-hybridized carbons (Fsp3) is 0.0833. The van der Waals surface area contributed by atoms with Crippen molar-refractivity contribution < 1.29 is 19.1 Å². The Hall–Kier alpha value is -4.06. The number of nitrogens with zero attached hydrogens (tertiary/aromatic N) is 1. The van der Waals surface area contributed by atoms with Gasteiger partial charge in [-0.15, -0.1) is 0 Å². The Balaban J connectivity index is 1.59. The van der Waals surface area contributed by atoms with E-state index < -0.39 is 5.91 Å². The van der Waals surface area contributed by atoms with Crippen molar-refractivity contribution in [1.82, 2.24) is 0 Å². The van der Waals surface area contributed by atoms with Gasteiger partial charge < -0.3 is 14.8 Å². The van der Waals surface area contributed by atoms with Crippen molar-refractivity contribution in [3.63, 3.8) is 0 Å². The Kier molecular flexibility index (Phi) is 4.25. The molecule has 6 heteroatoms. The first-order chi connectivity index (χ1) is 14.6. The lowest BCUT2D eigenvalue weighted by molar-refractivity contribution is -0.120. The third-order valence-corrected chi connectivity index (χ3v) is 5.05. The number of aryl methyl sites for hydroxylation is 1. The molecule has 0 saturated heterocycles. The Morgan fingerprint density at radius 3 is 2.43 bits per heavy atom. The summed E-state index contributed by atoms with van der Waals surface area (Å²) < 4.78 is 10.8. The second kappa shape index (κ2) is 7.08. The minimum absolute atomic E-state index is 0.162. The largest absolute Gasteiger partial charge is 0.454 e. The zero-order chi connectivity index (χ0) is 20.7. The normalized spacial score (nSPS) is 15.2. The molecule has 0 aromatic heterocycles. The van der Waals surface area contributed by atoms with E-state index in [-0.39, 0.29) is 18.4 Å². The van der Waals surface area contributed by atoms with Crippen LogP contribution in [0.25, 0.3) is 5.57 Å². The van der Waals surface area contributed by atoms with Crippen molar-refractivity contribution in [2.24, 2.45) is 0 Å². The van der Waals surface area contributed by atoms with Crippen LogP contribution in [0.2, 0.25) is 0 Å². The molecular formula is C24H18N2O4. The maximum absolute atomic E-state index is 13.4. The highest BCUT2D eigenvalue weighted by molar-refractivity contribution is 6.46. The summed E-state index contributed by atoms with van der Waals surface area (Å²) in [6, 6.07) is 21.8. The van der Waals surface area contributed by atoms with E-state index in [2.05, 4.69) is 5.32 Å². The lowest BCUT2D eigenvalue weighted by Gasteiger charge is -2.16. The lowest BCUT2D eigenvalue weighted by Crippen LogP contribution is -2.32. The molecule has 2 amide bonds. The lowest BCUT2D eigenvalue weighted by atomic mass is 10.0. The molecule has 2 heterocycles. The monoisotopic (exact) mass is 398 g/mol. The summed E-state index contributed by atoms with van der Waals surface area (Å²) in [5.41, 5.74) is 3.38. The van der Waals surface area contributed by atoms with Gasteiger partial charge in [-0.3, -0.25) is 9.59 Å². The minimum Gasteiger partial charge on any atom is -0.454 e. The molecule has 0 radical (unpaired) electrons. The molecule has 1 N–H and O–H groups in total. The highest BCUT2D eigenvalue weighted by Gasteiger charge is 2.40. The maximum Gasteiger partial charge on any atom is 0.282 e. The molecular weight excluding hydrogens is 380 g/mol. The average molecular weight is 398 g/mol. The molecule has 0 unspecified atom stereocenters. The molecule has 3 aromatic carbocycles. The highest BCUT2D eigenvalue weighted by atomic mass is 16.7. The summed E-state index contributed by atoms with van der Waals surface area (Å²) in [6.45, 7) is 2.08. The number of hydrogen-bond acceptors (Lipinski definition) is 5. The van der Waals surface area contributed by atoms with Gasteiger partial charge >= 0.3 is 0 Å². The Bertz CT molecular complexity index is 1200. The van der Waals surface area contributed by atoms with E-state index in [9.17, 15) is 9.59 Å². The second-order valence-electron chi connectivity index (χ2n) is 7.09. The van der Waals surface area contributed by atoms with E-state index in [1.54, 1.807) is 24.3 Å². The van der Waals surface area contributed by atoms with Crippen molar-refractivity contribution in [3.8, 4) is 11.5 Å². The topological polar surface area (TPSA) is 67.9 Å². The fourth-order valence-electron chi connectivity index (χ4n) is 3.64. The summed E-state index contributed by atoms with van der Waals surface area (Å²) >= 11 is 0. The number of benzene rings is 3. The van der Waals surface area contributed by atoms with Crippen molar-refractivity contribution in [1.29, 1.82) is 0 Å². The van der Waals surface area contributed by atoms with Crippen LogP contribution in [0.5, 0.6) is 11.5 Å². The quantitative estimate of drug-likeness (QED) is 0.670. The van der Waals surface area contributed by atoms with Gasteiger partial charge in [-0.25, -0.2) is 4.90 Å². The molecule has 0 bridgehead atoms. The highest BCUT2D eigenvalue weighted by Crippen LogP contribution is 2.37. The number of fused-ring (bicyclic) bond motifs is 1. The second-order valence-corrected chi connectivity index (χ2v) is 7.09. The molecule has 0 fully saturated rings. The van der Waals surface area contributed by atoms with Crippen LogP contribution in [0.15, 0.2) is 78.5 Å². The predicted octanol–water partition coefficient (Wildman–Crippen LogP) is 4.12. The SMILES string of the molecule is Cc1cccc(N2C(=O)C(Nc3ccc4c(c3)OCO4)=C(c3ccccc3)C2=O)c1. The number of imide groups is 1. The van der Waals surface area contributed by atoms with E-state index in [1.807, 2.05) is 55.5 Å². The Morgan fingerprint density at radius 2 is 1.63 bits per heavy atom. The molecule has 0 spiro atoms. The summed E-state index contributed by atoms with van der Waals surface area (Å²) in [7, 11) is 0. The van der Waals surface area contributed by atoms with Crippen LogP contribution in [0.1, 0.15) is 11.1 Å². The zero-order valence-corrected chi connectivity index (χ0v) is 16.2. The average Bonchev–Trinajstić information content (AvgIpc) is 3.31. The third-order valence-electron chi connectivity index (χ3n) is 5.05. The van der Waals surface area contributed by atoms with Crippen LogP contribution in [0, 0.1) is 6.92 Å². The van der Waals surface area contributed by atoms with Gasteiger partial charge in [0.25, 0.3) is 11.8 Å². The molecule has 0 saturated carbocycles. The molecule has 148 valence electrons. The summed E-state index contributed by atoms with van der Waals surface area (Å²) in [6.07, 6.45) is 0. The number of carbonyl (C=O) groups is 2. The molecule has 0 atom stereocenters. The van der Waals surface area contributed by atoms with Gasteiger partial charge in [-0.2, -0.15) is 0 Å². The molecule has 6 nitrogen and oxygen atoms in total. The van der Waals surface area contributed by atoms with Gasteiger partial charge in [0.2, 0.25) is 6.79 Å². The van der Waals surface area contributed by atoms with E-state index in [0.29, 0.717) is 34.0 Å². The number of anilines is 2. The minimum atomic E-state index is -0.401. The zero-order valence-electron chi connectivity index (χ0n) is 16.2. The Labute approximate surface area is 173 Å². The first-order valence-corrected chi connectivity index (χ1v) is 9.53. The van der Waals surface area contributed by atoms with Crippen molar-refractivity contribution in [3.05, 3.63) is 89.6 Å². The number of nitrogens with one attached hydrogen (secondary N) is 1. The smallest absolute Gasteiger partial charge is 0.282 e. The number of carbonyl (C=O) groups excluding carboxylic acids is 2. The van der Waals surface area contributed by atoms with E-state index in [0.717, 1.165) is 5.56 Å². The molecule has 3 aromatic rings. The van der Waals surface area contributed by atoms with Crippen molar-refractivity contribution in [2.75, 3.05) is 17.0 Å². The Morgan fingerprint density at radius 1 is 0.833 bits per heavy atom. The fourth-order valence-corrected chi connectivity index (χ4v) is 3.64. The number of ether oxygens (including phenoxy) is 2. The van der Waals surface area contributed by atoms with Crippen LogP contribution < -0.4 is 19.7 Å². The third kappa shape index (κ3) is 2.99. The van der Waals surface area contributed by atoms with Crippen LogP contribution in [-0.4, -0.2) is 18.6 Å². The first kappa shape index (κ1) is 18.0. The summed E-state index contributed by atoms with van der Waals surface area (Å²) in [5.74, 6) is 0.476. The van der Waals surface area contributed by atoms with Crippen LogP contribution in [0.3, 0.4) is 0 Å². The van der Waals surface area contributed by atoms with Crippen LogP contribution in [-0.2, 0) is 9.59 Å². The molecule has 0 aliphatic carbocycles. The molecule has 5 rings (SSSR count). The molecule has 2 aliphatic rings. The van der Waals surface area contributed by atoms with Gasteiger partial charge in [-0.1, -0.05) is 42.5 Å². The maximum atomic E-state index is 13.4. The van der Waals surface area contributed by atoms with Gasteiger partial charge in [0.15, 0.2) is 11.5 Å². The number of hydrogen-bond donors (Lipinski definition) is 1. The van der Waals surface area contributed by atoms with Gasteiger partial charge in [-0.05, 0) is 42.3 Å². The van der Waals surface area contributed by atoms with Gasteiger partial charge in [0.1, 0.15) is 5.70 Å². The van der Waals surface area contributed by atoms with Gasteiger partial charge in [0, 0.05) is 11.8 Å². The van der Waals surface area contributed by atoms with Crippen molar-refractivity contribution in [2.45, 2.75) is 6.92 Å². The van der Waals surface area contributed by atoms with Crippen molar-refractivity contribution >= 4 is 28.8 Å². The van der Waals surface area contributed by atoms with Gasteiger partial charge in [0.05, 0.1) is 11.3 Å². The van der Waals surface area contributed by atoms with E-state index >= 15 is 0 Å². The van der Waals surface area contributed by atoms with Crippen LogP contribution >= 0.6 is 0 Å². The van der Waals surface area contributed by atoms with Crippen LogP contribution in [0.4, 0.5) is 11.4 Å². The van der Waals surface area contributed by atoms with E-state index in [1.165, 1.54) is 4.90 Å². The number of rotatable bonds is 4. The number of amides is 2. The first-order valence-electron chi connectivity index (χ1n) is 9.53. The predicted molar refractivity (Wildman–Crippen MR) is 113 cm³/mol. The summed E-state index contributed by atoms with van der Waals surface area (Å²) in [4.78, 5) is 28.0. The van der Waals surface area contributed by atoms with E-state index in [4.69, 9.17) is 9.47 Å². The molecule has 2 aliphatic heterocycles. The summed E-state index contributed by atoms with van der Waals surface area (Å²) in [5, 5.41) is 3.15. The molecule has 30 heavy (non-hydrogen) atoms. The standard InChI is InChI=1S/C24H18N2O4/c1-15-6-5-9-18(12-15)26-23(27)21(16-7-3-2-4-8-16)22(24(26)28)25-17-10-11-19-20(13-17)30-14-29-19/h2-13,25H,14H2,1H3.